The van der Waals surface area contributed by atoms with Gasteiger partial charge in [-0.15, -0.1) is 0 Å². The molecule has 5 nitrogen and oxygen atoms in total. The van der Waals surface area contributed by atoms with Crippen LogP contribution in [0.1, 0.15) is 19.8 Å². The molecule has 0 bridgehead atoms. The summed E-state index contributed by atoms with van der Waals surface area (Å²) in [5.41, 5.74) is 0. The first-order chi connectivity index (χ1) is 5.37. The van der Waals surface area contributed by atoms with E-state index in [-0.39, 0.29) is 0 Å². The molecule has 0 aromatic rings. The topological polar surface area (TPSA) is 66.8 Å². The van der Waals surface area contributed by atoms with Crippen molar-refractivity contribution >= 4 is 10.4 Å². The molecule has 0 heterocycles. The first kappa shape index (κ1) is 11.8. The van der Waals surface area contributed by atoms with Crippen LogP contribution in [0.2, 0.25) is 0 Å². The van der Waals surface area contributed by atoms with Gasteiger partial charge < -0.3 is 0 Å². The first-order valence-corrected chi connectivity index (χ1v) is 5.05. The average Bonchev–Trinajstić information content (AvgIpc) is 1.83. The molecule has 0 spiro atoms. The van der Waals surface area contributed by atoms with Gasteiger partial charge in [0, 0.05) is 0 Å². The average molecular weight is 197 g/mol. The predicted octanol–water partition coefficient (Wildman–Crippen LogP) is 0.494. The van der Waals surface area contributed by atoms with Gasteiger partial charge in [0.15, 0.2) is 0 Å². The molecule has 1 unspecified atom stereocenters. The third kappa shape index (κ3) is 5.48. The van der Waals surface area contributed by atoms with Crippen LogP contribution in [0.15, 0.2) is 0 Å². The Balaban J connectivity index is 4.14. The molecule has 0 saturated heterocycles. The van der Waals surface area contributed by atoms with Crippen molar-refractivity contribution < 1.29 is 17.2 Å². The van der Waals surface area contributed by atoms with Crippen molar-refractivity contribution in [2.75, 3.05) is 14.1 Å². The smallest absolute Gasteiger partial charge is 0.283 e. The zero-order valence-electron chi connectivity index (χ0n) is 7.52. The number of rotatable bonds is 5. The standard InChI is InChI=1S/C6H15NO4S/c1-4-5-6(7(2)3)11-12(8,9)10/h6H,4-5H2,1-3H3,(H,8,9,10). The highest BCUT2D eigenvalue weighted by Crippen LogP contribution is 2.07. The fourth-order valence-electron chi connectivity index (χ4n) is 0.780. The van der Waals surface area contributed by atoms with Gasteiger partial charge in [0.2, 0.25) is 0 Å². The lowest BCUT2D eigenvalue weighted by atomic mass is 10.3. The van der Waals surface area contributed by atoms with Crippen LogP contribution in [-0.4, -0.2) is 38.2 Å². The van der Waals surface area contributed by atoms with Gasteiger partial charge in [-0.3, -0.25) is 9.45 Å². The van der Waals surface area contributed by atoms with Crippen LogP contribution in [0.25, 0.3) is 0 Å². The molecule has 0 aromatic carbocycles. The van der Waals surface area contributed by atoms with E-state index in [4.69, 9.17) is 4.55 Å². The molecule has 0 aliphatic carbocycles. The van der Waals surface area contributed by atoms with Gasteiger partial charge in [0.05, 0.1) is 0 Å². The minimum Gasteiger partial charge on any atom is -0.283 e. The number of nitrogens with zero attached hydrogens (tertiary/aromatic N) is 1. The van der Waals surface area contributed by atoms with Crippen LogP contribution < -0.4 is 0 Å². The molecule has 6 heteroatoms. The minimum absolute atomic E-state index is 0.562. The zero-order chi connectivity index (χ0) is 9.78. The van der Waals surface area contributed by atoms with E-state index in [2.05, 4.69) is 4.18 Å². The van der Waals surface area contributed by atoms with Gasteiger partial charge in [0.1, 0.15) is 6.23 Å². The van der Waals surface area contributed by atoms with E-state index in [1.54, 1.807) is 19.0 Å². The van der Waals surface area contributed by atoms with Crippen LogP contribution in [0, 0.1) is 0 Å². The van der Waals surface area contributed by atoms with Crippen LogP contribution in [0.5, 0.6) is 0 Å². The summed E-state index contributed by atoms with van der Waals surface area (Å²) in [6.45, 7) is 1.91. The summed E-state index contributed by atoms with van der Waals surface area (Å²) >= 11 is 0. The lowest BCUT2D eigenvalue weighted by molar-refractivity contribution is 0.0511. The Morgan fingerprint density at radius 3 is 2.25 bits per heavy atom. The minimum atomic E-state index is -4.33. The molecule has 0 amide bonds. The summed E-state index contributed by atoms with van der Waals surface area (Å²) < 4.78 is 33.4. The van der Waals surface area contributed by atoms with E-state index in [1.807, 2.05) is 6.92 Å². The molecule has 0 rings (SSSR count). The van der Waals surface area contributed by atoms with Crippen molar-refractivity contribution in [2.24, 2.45) is 0 Å². The van der Waals surface area contributed by atoms with Gasteiger partial charge in [0.25, 0.3) is 0 Å². The third-order valence-electron chi connectivity index (χ3n) is 1.34. The van der Waals surface area contributed by atoms with Gasteiger partial charge >= 0.3 is 10.4 Å². The highest BCUT2D eigenvalue weighted by atomic mass is 32.3. The lowest BCUT2D eigenvalue weighted by Crippen LogP contribution is -2.32. The lowest BCUT2D eigenvalue weighted by Gasteiger charge is -2.21. The summed E-state index contributed by atoms with van der Waals surface area (Å²) in [4.78, 5) is 1.59. The molecule has 1 N–H and O–H groups in total. The van der Waals surface area contributed by atoms with Crippen molar-refractivity contribution in [3.63, 3.8) is 0 Å². The number of hydrogen-bond acceptors (Lipinski definition) is 4. The second-order valence-electron chi connectivity index (χ2n) is 2.73. The molecule has 0 aliphatic heterocycles. The predicted molar refractivity (Wildman–Crippen MR) is 45.0 cm³/mol. The van der Waals surface area contributed by atoms with Crippen LogP contribution >= 0.6 is 0 Å². The second-order valence-corrected chi connectivity index (χ2v) is 3.78. The van der Waals surface area contributed by atoms with Crippen molar-refractivity contribution in [3.8, 4) is 0 Å². The maximum Gasteiger partial charge on any atom is 0.398 e. The van der Waals surface area contributed by atoms with Crippen molar-refractivity contribution in [1.29, 1.82) is 0 Å². The summed E-state index contributed by atoms with van der Waals surface area (Å²) in [7, 11) is -0.960. The Hall–Kier alpha value is -0.170. The Kier molecular flexibility index (Phi) is 4.69. The van der Waals surface area contributed by atoms with E-state index in [0.29, 0.717) is 6.42 Å². The van der Waals surface area contributed by atoms with E-state index in [9.17, 15) is 8.42 Å². The molecule has 0 fully saturated rings. The monoisotopic (exact) mass is 197 g/mol. The quantitative estimate of drug-likeness (QED) is 0.513. The van der Waals surface area contributed by atoms with Gasteiger partial charge in [-0.1, -0.05) is 13.3 Å². The fraction of sp³-hybridized carbons (Fsp3) is 1.00. The van der Waals surface area contributed by atoms with Gasteiger partial charge in [-0.25, -0.2) is 4.18 Å². The van der Waals surface area contributed by atoms with Crippen molar-refractivity contribution in [1.82, 2.24) is 4.90 Å². The molecule has 0 aromatic heterocycles. The first-order valence-electron chi connectivity index (χ1n) is 3.69. The Labute approximate surface area is 73.3 Å². The summed E-state index contributed by atoms with van der Waals surface area (Å²) in [5.74, 6) is 0. The number of hydrogen-bond donors (Lipinski definition) is 1. The molecule has 0 saturated carbocycles. The second kappa shape index (κ2) is 4.76. The van der Waals surface area contributed by atoms with Gasteiger partial charge in [-0.05, 0) is 20.5 Å². The van der Waals surface area contributed by atoms with E-state index in [0.717, 1.165) is 6.42 Å². The zero-order valence-corrected chi connectivity index (χ0v) is 8.34. The summed E-state index contributed by atoms with van der Waals surface area (Å²) in [5, 5.41) is 0. The van der Waals surface area contributed by atoms with Crippen LogP contribution in [0.3, 0.4) is 0 Å². The summed E-state index contributed by atoms with van der Waals surface area (Å²) in [6.07, 6.45) is 0.774. The van der Waals surface area contributed by atoms with Crippen molar-refractivity contribution in [2.45, 2.75) is 26.0 Å². The Bertz CT molecular complexity index is 212. The normalized spacial score (nSPS) is 15.1. The molecule has 0 radical (unpaired) electrons. The SMILES string of the molecule is CCCC(OS(=O)(=O)O)N(C)C. The van der Waals surface area contributed by atoms with Gasteiger partial charge in [-0.2, -0.15) is 8.42 Å². The largest absolute Gasteiger partial charge is 0.398 e. The maximum atomic E-state index is 10.3. The van der Waals surface area contributed by atoms with Crippen LogP contribution in [0.4, 0.5) is 0 Å². The van der Waals surface area contributed by atoms with E-state index < -0.39 is 16.6 Å². The van der Waals surface area contributed by atoms with Crippen molar-refractivity contribution in [3.05, 3.63) is 0 Å². The van der Waals surface area contributed by atoms with Crippen LogP contribution in [-0.2, 0) is 14.6 Å². The Morgan fingerprint density at radius 2 is 2.00 bits per heavy atom. The molecule has 12 heavy (non-hydrogen) atoms. The third-order valence-corrected chi connectivity index (χ3v) is 1.81. The fourth-order valence-corrected chi connectivity index (χ4v) is 1.33. The molecular weight excluding hydrogens is 182 g/mol. The summed E-state index contributed by atoms with van der Waals surface area (Å²) in [6, 6.07) is 0. The molecule has 0 aliphatic rings. The molecule has 74 valence electrons. The maximum absolute atomic E-state index is 10.3. The molecular formula is C6H15NO4S. The Morgan fingerprint density at radius 1 is 1.50 bits per heavy atom. The highest BCUT2D eigenvalue weighted by Gasteiger charge is 2.17. The van der Waals surface area contributed by atoms with E-state index >= 15 is 0 Å². The highest BCUT2D eigenvalue weighted by molar-refractivity contribution is 7.80. The van der Waals surface area contributed by atoms with E-state index in [1.165, 1.54) is 0 Å². The molecule has 1 atom stereocenters.